The first-order valence-electron chi connectivity index (χ1n) is 5.37. The van der Waals surface area contributed by atoms with Crippen LogP contribution in [0.2, 0.25) is 0 Å². The molecule has 6 heteroatoms. The molecule has 2 aromatic heterocycles. The number of thiophene rings is 1. The van der Waals surface area contributed by atoms with E-state index < -0.39 is 11.7 Å². The van der Waals surface area contributed by atoms with E-state index in [0.29, 0.717) is 16.0 Å². The van der Waals surface area contributed by atoms with Crippen LogP contribution >= 0.6 is 22.7 Å². The van der Waals surface area contributed by atoms with Crippen molar-refractivity contribution in [2.24, 2.45) is 0 Å². The minimum Gasteiger partial charge on any atom is -0.245 e. The monoisotopic (exact) mass is 298 g/mol. The van der Waals surface area contributed by atoms with Crippen molar-refractivity contribution in [3.8, 4) is 11.3 Å². The smallest absolute Gasteiger partial charge is 0.245 e. The van der Waals surface area contributed by atoms with Gasteiger partial charge in [-0.2, -0.15) is 13.2 Å². The molecule has 0 aliphatic rings. The van der Waals surface area contributed by atoms with Crippen LogP contribution in [0.3, 0.4) is 0 Å². The van der Waals surface area contributed by atoms with Crippen LogP contribution in [0, 0.1) is 12.3 Å². The van der Waals surface area contributed by atoms with E-state index in [2.05, 4.69) is 10.4 Å². The predicted molar refractivity (Wildman–Crippen MR) is 71.5 cm³/mol. The highest BCUT2D eigenvalue weighted by atomic mass is 32.1. The number of thiazole rings is 1. The fourth-order valence-electron chi connectivity index (χ4n) is 1.98. The van der Waals surface area contributed by atoms with Crippen LogP contribution in [-0.2, 0) is 6.18 Å². The van der Waals surface area contributed by atoms with Crippen molar-refractivity contribution in [1.82, 2.24) is 4.98 Å². The molecule has 0 aliphatic heterocycles. The number of benzene rings is 1. The summed E-state index contributed by atoms with van der Waals surface area (Å²) in [6.07, 6.45) is -4.35. The second-order valence-corrected chi connectivity index (χ2v) is 5.66. The lowest BCUT2D eigenvalue weighted by Gasteiger charge is -2.10. The molecule has 1 aromatic carbocycles. The maximum absolute atomic E-state index is 12.9. The highest BCUT2D eigenvalue weighted by Crippen LogP contribution is 2.40. The van der Waals surface area contributed by atoms with Crippen molar-refractivity contribution >= 4 is 32.8 Å². The number of alkyl halides is 3. The van der Waals surface area contributed by atoms with Gasteiger partial charge in [0.1, 0.15) is 0 Å². The zero-order chi connectivity index (χ0) is 13.6. The van der Waals surface area contributed by atoms with E-state index in [1.165, 1.54) is 34.8 Å². The van der Waals surface area contributed by atoms with Crippen LogP contribution in [0.1, 0.15) is 11.1 Å². The summed E-state index contributed by atoms with van der Waals surface area (Å²) in [5, 5.41) is 5.57. The Labute approximate surface area is 115 Å². The summed E-state index contributed by atoms with van der Waals surface area (Å²) in [5.41, 5.74) is 2.94. The standard InChI is InChI=1S/C13H7F3NS2/c1-7-4-19-11-3-8(13(14,15)16)2-9(12(7)11)10-5-18-6-17-10/h2-3,5-6H,1H3. The largest absolute Gasteiger partial charge is 0.416 e. The highest BCUT2D eigenvalue weighted by molar-refractivity contribution is 7.17. The van der Waals surface area contributed by atoms with Crippen LogP contribution in [-0.4, -0.2) is 4.98 Å². The summed E-state index contributed by atoms with van der Waals surface area (Å²) in [4.78, 5) is 4.12. The zero-order valence-corrected chi connectivity index (χ0v) is 11.3. The van der Waals surface area contributed by atoms with Crippen molar-refractivity contribution in [1.29, 1.82) is 0 Å². The molecule has 2 heterocycles. The number of aromatic nitrogens is 1. The molecule has 0 unspecified atom stereocenters. The molecule has 1 radical (unpaired) electrons. The lowest BCUT2D eigenvalue weighted by molar-refractivity contribution is -0.137. The molecule has 1 nitrogen and oxygen atoms in total. The van der Waals surface area contributed by atoms with Gasteiger partial charge in [0.15, 0.2) is 0 Å². The SMILES string of the molecule is Cc1[c]sc2cc(C(F)(F)F)cc(-c3cscn3)c12. The fourth-order valence-corrected chi connectivity index (χ4v) is 3.44. The Kier molecular flexibility index (Phi) is 2.87. The maximum Gasteiger partial charge on any atom is 0.416 e. The molecular formula is C13H7F3NS2. The summed E-state index contributed by atoms with van der Waals surface area (Å²) in [7, 11) is 0. The topological polar surface area (TPSA) is 12.9 Å². The van der Waals surface area contributed by atoms with Gasteiger partial charge in [0, 0.05) is 26.4 Å². The van der Waals surface area contributed by atoms with Crippen LogP contribution in [0.15, 0.2) is 23.0 Å². The minimum atomic E-state index is -4.35. The van der Waals surface area contributed by atoms with Gasteiger partial charge >= 0.3 is 6.18 Å². The first kappa shape index (κ1) is 12.6. The van der Waals surface area contributed by atoms with Crippen molar-refractivity contribution in [3.63, 3.8) is 0 Å². The minimum absolute atomic E-state index is 0.529. The summed E-state index contributed by atoms with van der Waals surface area (Å²) >= 11 is 2.57. The quantitative estimate of drug-likeness (QED) is 0.605. The number of nitrogens with zero attached hydrogens (tertiary/aromatic N) is 1. The van der Waals surface area contributed by atoms with Gasteiger partial charge in [0.25, 0.3) is 0 Å². The molecule has 0 saturated heterocycles. The van der Waals surface area contributed by atoms with Crippen molar-refractivity contribution in [2.75, 3.05) is 0 Å². The van der Waals surface area contributed by atoms with Crippen molar-refractivity contribution < 1.29 is 13.2 Å². The summed E-state index contributed by atoms with van der Waals surface area (Å²) in [6, 6.07) is 2.35. The Bertz CT molecular complexity index is 726. The number of hydrogen-bond acceptors (Lipinski definition) is 3. The molecule has 0 N–H and O–H groups in total. The van der Waals surface area contributed by atoms with Gasteiger partial charge < -0.3 is 0 Å². The summed E-state index contributed by atoms with van der Waals surface area (Å²) in [6.45, 7) is 1.85. The second kappa shape index (κ2) is 4.31. The molecule has 0 fully saturated rings. The van der Waals surface area contributed by atoms with Crippen molar-refractivity contribution in [3.05, 3.63) is 39.5 Å². The van der Waals surface area contributed by atoms with Gasteiger partial charge in [0.05, 0.1) is 16.8 Å². The molecule has 97 valence electrons. The van der Waals surface area contributed by atoms with Gasteiger partial charge in [-0.3, -0.25) is 0 Å². The Balaban J connectivity index is 2.37. The van der Waals surface area contributed by atoms with Gasteiger partial charge in [-0.25, -0.2) is 4.98 Å². The van der Waals surface area contributed by atoms with E-state index in [9.17, 15) is 13.2 Å². The Morgan fingerprint density at radius 2 is 2.05 bits per heavy atom. The molecule has 3 aromatic rings. The summed E-state index contributed by atoms with van der Waals surface area (Å²) < 4.78 is 39.4. The number of aryl methyl sites for hydroxylation is 1. The molecule has 3 rings (SSSR count). The number of halogens is 3. The lowest BCUT2D eigenvalue weighted by atomic mass is 10.0. The van der Waals surface area contributed by atoms with E-state index in [0.717, 1.165) is 10.9 Å². The molecule has 0 saturated carbocycles. The first-order valence-corrected chi connectivity index (χ1v) is 7.13. The molecule has 0 bridgehead atoms. The van der Waals surface area contributed by atoms with Gasteiger partial charge in [0.2, 0.25) is 0 Å². The van der Waals surface area contributed by atoms with Crippen molar-refractivity contribution in [2.45, 2.75) is 13.1 Å². The van der Waals surface area contributed by atoms with E-state index >= 15 is 0 Å². The second-order valence-electron chi connectivity index (χ2n) is 4.10. The first-order chi connectivity index (χ1) is 8.97. The molecule has 0 spiro atoms. The molecule has 0 atom stereocenters. The Morgan fingerprint density at radius 3 is 2.68 bits per heavy atom. The zero-order valence-electron chi connectivity index (χ0n) is 9.71. The van der Waals surface area contributed by atoms with E-state index in [1.807, 2.05) is 6.92 Å². The molecular weight excluding hydrogens is 291 g/mol. The predicted octanol–water partition coefficient (Wildman–Crippen LogP) is 5.15. The molecule has 19 heavy (non-hydrogen) atoms. The molecule has 0 aliphatic carbocycles. The highest BCUT2D eigenvalue weighted by Gasteiger charge is 2.32. The van der Waals surface area contributed by atoms with Crippen LogP contribution < -0.4 is 0 Å². The third-order valence-corrected chi connectivity index (χ3v) is 4.36. The van der Waals surface area contributed by atoms with Gasteiger partial charge in [-0.1, -0.05) is 0 Å². The third kappa shape index (κ3) is 2.15. The Hall–Kier alpha value is -1.40. The fraction of sp³-hybridized carbons (Fsp3) is 0.154. The maximum atomic E-state index is 12.9. The van der Waals surface area contributed by atoms with E-state index in [4.69, 9.17) is 0 Å². The normalized spacial score (nSPS) is 12.2. The van der Waals surface area contributed by atoms with E-state index in [1.54, 1.807) is 10.9 Å². The lowest BCUT2D eigenvalue weighted by Crippen LogP contribution is -2.04. The van der Waals surface area contributed by atoms with Crippen LogP contribution in [0.25, 0.3) is 21.3 Å². The number of hydrogen-bond donors (Lipinski definition) is 0. The number of fused-ring (bicyclic) bond motifs is 1. The van der Waals surface area contributed by atoms with Crippen LogP contribution in [0.4, 0.5) is 13.2 Å². The van der Waals surface area contributed by atoms with Gasteiger partial charge in [-0.15, -0.1) is 22.7 Å². The van der Waals surface area contributed by atoms with Gasteiger partial charge in [-0.05, 0) is 24.6 Å². The van der Waals surface area contributed by atoms with E-state index in [-0.39, 0.29) is 0 Å². The third-order valence-electron chi connectivity index (χ3n) is 2.83. The summed E-state index contributed by atoms with van der Waals surface area (Å²) in [5.74, 6) is 0. The van der Waals surface area contributed by atoms with Crippen LogP contribution in [0.5, 0.6) is 0 Å². The number of rotatable bonds is 1. The average molecular weight is 298 g/mol. The average Bonchev–Trinajstić information content (AvgIpc) is 2.97. The Morgan fingerprint density at radius 1 is 1.26 bits per heavy atom. The molecule has 0 amide bonds.